The first-order chi connectivity index (χ1) is 11.0. The number of thiophene rings is 2. The molecule has 1 atom stereocenters. The Hall–Kier alpha value is -1.96. The average molecular weight is 348 g/mol. The van der Waals surface area contributed by atoms with Gasteiger partial charge in [0, 0.05) is 10.4 Å². The van der Waals surface area contributed by atoms with Gasteiger partial charge in [-0.15, -0.1) is 11.3 Å². The summed E-state index contributed by atoms with van der Waals surface area (Å²) in [6, 6.07) is 5.62. The first kappa shape index (κ1) is 15.9. The molecule has 0 aliphatic heterocycles. The van der Waals surface area contributed by atoms with Gasteiger partial charge in [-0.3, -0.25) is 4.79 Å². The highest BCUT2D eigenvalue weighted by atomic mass is 32.1. The van der Waals surface area contributed by atoms with Crippen molar-refractivity contribution in [1.29, 1.82) is 0 Å². The highest BCUT2D eigenvalue weighted by molar-refractivity contribution is 7.10. The Balaban J connectivity index is 1.85. The molecule has 0 spiro atoms. The number of aliphatic hydroxyl groups is 1. The minimum absolute atomic E-state index is 0.0765. The van der Waals surface area contributed by atoms with Crippen molar-refractivity contribution in [3.63, 3.8) is 0 Å². The van der Waals surface area contributed by atoms with Crippen LogP contribution >= 0.6 is 22.7 Å². The Morgan fingerprint density at radius 1 is 1.39 bits per heavy atom. The van der Waals surface area contributed by atoms with E-state index in [0.717, 1.165) is 10.4 Å². The van der Waals surface area contributed by atoms with Gasteiger partial charge >= 0.3 is 0 Å². The molecule has 0 aliphatic carbocycles. The summed E-state index contributed by atoms with van der Waals surface area (Å²) >= 11 is 2.96. The summed E-state index contributed by atoms with van der Waals surface area (Å²) in [6.45, 7) is 3.49. The Morgan fingerprint density at radius 3 is 2.78 bits per heavy atom. The Bertz CT molecular complexity index is 738. The van der Waals surface area contributed by atoms with Gasteiger partial charge in [-0.1, -0.05) is 11.2 Å². The lowest BCUT2D eigenvalue weighted by Gasteiger charge is -2.27. The number of aromatic nitrogens is 1. The van der Waals surface area contributed by atoms with Gasteiger partial charge in [0.15, 0.2) is 0 Å². The third kappa shape index (κ3) is 2.95. The molecule has 3 aromatic rings. The molecule has 0 aliphatic rings. The van der Waals surface area contributed by atoms with E-state index in [1.165, 1.54) is 22.7 Å². The third-order valence-corrected chi connectivity index (χ3v) is 5.40. The van der Waals surface area contributed by atoms with Crippen molar-refractivity contribution in [2.75, 3.05) is 6.54 Å². The molecule has 0 saturated carbocycles. The van der Waals surface area contributed by atoms with Crippen molar-refractivity contribution in [1.82, 2.24) is 10.5 Å². The van der Waals surface area contributed by atoms with E-state index in [1.54, 1.807) is 13.8 Å². The molecule has 120 valence electrons. The predicted molar refractivity (Wildman–Crippen MR) is 89.9 cm³/mol. The van der Waals surface area contributed by atoms with Gasteiger partial charge in [0.2, 0.25) is 0 Å². The molecule has 5 nitrogen and oxygen atoms in total. The molecule has 3 rings (SSSR count). The molecule has 2 N–H and O–H groups in total. The Labute approximate surface area is 141 Å². The summed E-state index contributed by atoms with van der Waals surface area (Å²) in [5.74, 6) is 0.168. The standard InChI is InChI=1S/C16H16N2O3S2/c1-10-14(11(2)21-18-10)15(19)17-9-16(20,12-5-7-22-8-12)13-4-3-6-23-13/h3-8,20H,9H2,1-2H3,(H,17,19). The van der Waals surface area contributed by atoms with Crippen LogP contribution in [0.2, 0.25) is 0 Å². The van der Waals surface area contributed by atoms with Crippen LogP contribution in [0.4, 0.5) is 0 Å². The Morgan fingerprint density at radius 2 is 2.22 bits per heavy atom. The number of carbonyl (C=O) groups is 1. The summed E-state index contributed by atoms with van der Waals surface area (Å²) in [4.78, 5) is 13.2. The molecule has 0 saturated heterocycles. The summed E-state index contributed by atoms with van der Waals surface area (Å²) in [5, 5.41) is 23.5. The topological polar surface area (TPSA) is 75.4 Å². The van der Waals surface area contributed by atoms with E-state index < -0.39 is 5.60 Å². The van der Waals surface area contributed by atoms with Crippen molar-refractivity contribution in [3.8, 4) is 0 Å². The zero-order chi connectivity index (χ0) is 16.4. The van der Waals surface area contributed by atoms with Crippen LogP contribution in [0.5, 0.6) is 0 Å². The van der Waals surface area contributed by atoms with Gasteiger partial charge in [-0.05, 0) is 42.1 Å². The van der Waals surface area contributed by atoms with Crippen LogP contribution in [0.25, 0.3) is 0 Å². The molecular formula is C16H16N2O3S2. The van der Waals surface area contributed by atoms with E-state index in [-0.39, 0.29) is 12.5 Å². The largest absolute Gasteiger partial charge is 0.378 e. The number of nitrogens with zero attached hydrogens (tertiary/aromatic N) is 1. The zero-order valence-corrected chi connectivity index (χ0v) is 14.3. The highest BCUT2D eigenvalue weighted by Gasteiger charge is 2.34. The van der Waals surface area contributed by atoms with Crippen LogP contribution in [-0.2, 0) is 5.60 Å². The van der Waals surface area contributed by atoms with Crippen LogP contribution in [0.15, 0.2) is 38.9 Å². The minimum Gasteiger partial charge on any atom is -0.378 e. The summed E-state index contributed by atoms with van der Waals surface area (Å²) < 4.78 is 5.02. The number of amides is 1. The molecule has 3 heterocycles. The second-order valence-corrected chi connectivity index (χ2v) is 6.96. The lowest BCUT2D eigenvalue weighted by Crippen LogP contribution is -2.41. The smallest absolute Gasteiger partial charge is 0.256 e. The van der Waals surface area contributed by atoms with Crippen LogP contribution < -0.4 is 5.32 Å². The van der Waals surface area contributed by atoms with E-state index >= 15 is 0 Å². The maximum Gasteiger partial charge on any atom is 0.256 e. The minimum atomic E-state index is -1.25. The van der Waals surface area contributed by atoms with E-state index in [0.29, 0.717) is 17.0 Å². The number of hydrogen-bond acceptors (Lipinski definition) is 6. The molecule has 7 heteroatoms. The van der Waals surface area contributed by atoms with Gasteiger partial charge < -0.3 is 14.9 Å². The monoisotopic (exact) mass is 348 g/mol. The lowest BCUT2D eigenvalue weighted by atomic mass is 9.94. The zero-order valence-electron chi connectivity index (χ0n) is 12.7. The predicted octanol–water partition coefficient (Wildman–Crippen LogP) is 3.08. The summed E-state index contributed by atoms with van der Waals surface area (Å²) in [5.41, 5.74) is 0.478. The summed E-state index contributed by atoms with van der Waals surface area (Å²) in [7, 11) is 0. The fourth-order valence-corrected chi connectivity index (χ4v) is 4.02. The molecule has 0 fully saturated rings. The molecule has 0 aromatic carbocycles. The molecule has 1 amide bonds. The number of rotatable bonds is 5. The maximum absolute atomic E-state index is 12.4. The fourth-order valence-electron chi connectivity index (χ4n) is 2.45. The van der Waals surface area contributed by atoms with Gasteiger partial charge in [0.1, 0.15) is 16.9 Å². The van der Waals surface area contributed by atoms with Crippen LogP contribution in [0.1, 0.15) is 32.3 Å². The highest BCUT2D eigenvalue weighted by Crippen LogP contribution is 2.33. The maximum atomic E-state index is 12.4. The molecular weight excluding hydrogens is 332 g/mol. The van der Waals surface area contributed by atoms with E-state index in [9.17, 15) is 9.90 Å². The number of nitrogens with one attached hydrogen (secondary N) is 1. The first-order valence-electron chi connectivity index (χ1n) is 7.02. The summed E-state index contributed by atoms with van der Waals surface area (Å²) in [6.07, 6.45) is 0. The second kappa shape index (κ2) is 6.27. The van der Waals surface area contributed by atoms with Gasteiger partial charge in [0.05, 0.1) is 12.2 Å². The lowest BCUT2D eigenvalue weighted by molar-refractivity contribution is 0.0719. The molecule has 1 unspecified atom stereocenters. The van der Waals surface area contributed by atoms with E-state index in [2.05, 4.69) is 10.5 Å². The van der Waals surface area contributed by atoms with Crippen molar-refractivity contribution in [3.05, 3.63) is 61.8 Å². The van der Waals surface area contributed by atoms with Crippen LogP contribution in [0, 0.1) is 13.8 Å². The van der Waals surface area contributed by atoms with Crippen molar-refractivity contribution in [2.24, 2.45) is 0 Å². The fraction of sp³-hybridized carbons (Fsp3) is 0.250. The number of carbonyl (C=O) groups excluding carboxylic acids is 1. The Kier molecular flexibility index (Phi) is 4.34. The number of hydrogen-bond donors (Lipinski definition) is 2. The second-order valence-electron chi connectivity index (χ2n) is 5.23. The average Bonchev–Trinajstić information content (AvgIpc) is 3.27. The molecule has 0 radical (unpaired) electrons. The number of aryl methyl sites for hydroxylation is 2. The normalized spacial score (nSPS) is 13.7. The SMILES string of the molecule is Cc1noc(C)c1C(=O)NCC(O)(c1ccsc1)c1cccs1. The molecule has 23 heavy (non-hydrogen) atoms. The molecule has 0 bridgehead atoms. The van der Waals surface area contributed by atoms with Gasteiger partial charge in [-0.2, -0.15) is 11.3 Å². The van der Waals surface area contributed by atoms with Gasteiger partial charge in [-0.25, -0.2) is 0 Å². The van der Waals surface area contributed by atoms with Gasteiger partial charge in [0.25, 0.3) is 5.91 Å². The van der Waals surface area contributed by atoms with E-state index in [1.807, 2.05) is 34.3 Å². The van der Waals surface area contributed by atoms with Crippen LogP contribution in [0.3, 0.4) is 0 Å². The molecule has 3 aromatic heterocycles. The van der Waals surface area contributed by atoms with Crippen LogP contribution in [-0.4, -0.2) is 22.7 Å². The first-order valence-corrected chi connectivity index (χ1v) is 8.84. The van der Waals surface area contributed by atoms with E-state index in [4.69, 9.17) is 4.52 Å². The van der Waals surface area contributed by atoms with Crippen molar-refractivity contribution < 1.29 is 14.4 Å². The third-order valence-electron chi connectivity index (χ3n) is 3.69. The van der Waals surface area contributed by atoms with Crippen molar-refractivity contribution in [2.45, 2.75) is 19.4 Å². The van der Waals surface area contributed by atoms with Crippen molar-refractivity contribution >= 4 is 28.6 Å². The quantitative estimate of drug-likeness (QED) is 0.743.